The topological polar surface area (TPSA) is 128 Å². The Balaban J connectivity index is 1.21. The molecule has 1 saturated heterocycles. The van der Waals surface area contributed by atoms with Gasteiger partial charge in [-0.25, -0.2) is 19.2 Å². The molecule has 12 heteroatoms. The van der Waals surface area contributed by atoms with Crippen LogP contribution >= 0.6 is 0 Å². The fourth-order valence-electron chi connectivity index (χ4n) is 4.03. The van der Waals surface area contributed by atoms with Gasteiger partial charge in [-0.05, 0) is 37.2 Å². The van der Waals surface area contributed by atoms with E-state index >= 15 is 0 Å². The fourth-order valence-corrected chi connectivity index (χ4v) is 4.03. The quantitative estimate of drug-likeness (QED) is 0.512. The molecule has 1 atom stereocenters. The number of amides is 2. The fraction of sp³-hybridized carbons (Fsp3) is 0.318. The number of anilines is 2. The lowest BCUT2D eigenvalue weighted by atomic mass is 10.1. The number of carbonyl (C=O) groups is 2. The Bertz CT molecular complexity index is 1360. The van der Waals surface area contributed by atoms with Crippen LogP contribution < -0.4 is 25.8 Å². The molecular formula is C22H21FN6O5. The van der Waals surface area contributed by atoms with Crippen molar-refractivity contribution in [1.82, 2.24) is 19.9 Å². The number of ether oxygens (including phenoxy) is 2. The van der Waals surface area contributed by atoms with Crippen LogP contribution in [-0.4, -0.2) is 58.9 Å². The summed E-state index contributed by atoms with van der Waals surface area (Å²) < 4.78 is 26.6. The standard InChI is InChI=1S/C22H21FN6O5/c1-28-19(31)9-25-15-3-2-14(23)13(20(15)28)6-7-24-8-12-10-29(22(32)34-12)17-5-4-16-21(26-17)27-18(30)11-33-16/h2-5,9,12,24H,6-8,10-11H2,1H3,(H,26,27,30)/t12-/m0/s1. The average Bonchev–Trinajstić information content (AvgIpc) is 3.20. The van der Waals surface area contributed by atoms with E-state index in [0.29, 0.717) is 47.7 Å². The SMILES string of the molecule is Cn1c(=O)cnc2ccc(F)c(CCNC[C@H]3CN(c4ccc5c(n4)NC(=O)CO5)C(=O)O3)c21. The summed E-state index contributed by atoms with van der Waals surface area (Å²) in [7, 11) is 1.58. The average molecular weight is 468 g/mol. The molecule has 5 rings (SSSR count). The van der Waals surface area contributed by atoms with Crippen LogP contribution in [0.1, 0.15) is 5.56 Å². The van der Waals surface area contributed by atoms with E-state index in [1.165, 1.54) is 21.7 Å². The second kappa shape index (κ2) is 8.71. The monoisotopic (exact) mass is 468 g/mol. The van der Waals surface area contributed by atoms with Crippen molar-refractivity contribution in [2.45, 2.75) is 12.5 Å². The van der Waals surface area contributed by atoms with Gasteiger partial charge in [0.1, 0.15) is 17.7 Å². The largest absolute Gasteiger partial charge is 0.480 e. The van der Waals surface area contributed by atoms with E-state index < -0.39 is 18.0 Å². The molecule has 4 heterocycles. The zero-order valence-electron chi connectivity index (χ0n) is 18.2. The highest BCUT2D eigenvalue weighted by molar-refractivity contribution is 5.95. The Morgan fingerprint density at radius 2 is 2.09 bits per heavy atom. The molecule has 2 aromatic heterocycles. The number of halogens is 1. The van der Waals surface area contributed by atoms with Gasteiger partial charge in [-0.2, -0.15) is 0 Å². The molecule has 2 aliphatic rings. The van der Waals surface area contributed by atoms with Gasteiger partial charge in [-0.1, -0.05) is 0 Å². The Morgan fingerprint density at radius 3 is 2.94 bits per heavy atom. The van der Waals surface area contributed by atoms with Gasteiger partial charge in [0, 0.05) is 19.2 Å². The molecule has 0 saturated carbocycles. The van der Waals surface area contributed by atoms with Crippen molar-refractivity contribution in [3.8, 4) is 5.75 Å². The molecule has 176 valence electrons. The number of aryl methyl sites for hydroxylation is 1. The summed E-state index contributed by atoms with van der Waals surface area (Å²) in [5.74, 6) is 0.293. The number of rotatable bonds is 6. The minimum absolute atomic E-state index is 0.0803. The number of pyridine rings is 1. The van der Waals surface area contributed by atoms with Gasteiger partial charge in [-0.15, -0.1) is 0 Å². The maximum atomic E-state index is 14.5. The Hall–Kier alpha value is -4.06. The van der Waals surface area contributed by atoms with Gasteiger partial charge >= 0.3 is 6.09 Å². The predicted molar refractivity (Wildman–Crippen MR) is 119 cm³/mol. The Labute approximate surface area is 192 Å². The molecule has 34 heavy (non-hydrogen) atoms. The highest BCUT2D eigenvalue weighted by Gasteiger charge is 2.33. The van der Waals surface area contributed by atoms with Gasteiger partial charge in [-0.3, -0.25) is 14.5 Å². The molecule has 3 aromatic rings. The summed E-state index contributed by atoms with van der Waals surface area (Å²) in [5, 5.41) is 5.78. The van der Waals surface area contributed by atoms with Crippen LogP contribution in [0, 0.1) is 5.82 Å². The smallest absolute Gasteiger partial charge is 0.416 e. The van der Waals surface area contributed by atoms with Crippen LogP contribution in [0.15, 0.2) is 35.3 Å². The van der Waals surface area contributed by atoms with Gasteiger partial charge in [0.25, 0.3) is 11.5 Å². The molecule has 2 aliphatic heterocycles. The number of aromatic nitrogens is 3. The molecule has 0 aliphatic carbocycles. The molecule has 0 radical (unpaired) electrons. The molecule has 2 N–H and O–H groups in total. The number of hydrogen-bond donors (Lipinski definition) is 2. The molecule has 1 aromatic carbocycles. The first-order valence-electron chi connectivity index (χ1n) is 10.7. The zero-order chi connectivity index (χ0) is 23.8. The van der Waals surface area contributed by atoms with E-state index in [1.807, 2.05) is 0 Å². The van der Waals surface area contributed by atoms with Crippen molar-refractivity contribution >= 4 is 34.7 Å². The van der Waals surface area contributed by atoms with E-state index in [4.69, 9.17) is 9.47 Å². The van der Waals surface area contributed by atoms with Crippen molar-refractivity contribution < 1.29 is 23.5 Å². The minimum Gasteiger partial charge on any atom is -0.480 e. The highest BCUT2D eigenvalue weighted by Crippen LogP contribution is 2.30. The summed E-state index contributed by atoms with van der Waals surface area (Å²) >= 11 is 0. The summed E-state index contributed by atoms with van der Waals surface area (Å²) in [6.07, 6.45) is 0.530. The third kappa shape index (κ3) is 4.03. The molecule has 0 unspecified atom stereocenters. The normalized spacial score (nSPS) is 17.4. The van der Waals surface area contributed by atoms with E-state index in [0.717, 1.165) is 0 Å². The van der Waals surface area contributed by atoms with Crippen molar-refractivity contribution in [3.05, 3.63) is 52.2 Å². The van der Waals surface area contributed by atoms with E-state index in [1.54, 1.807) is 25.2 Å². The number of hydrogen-bond acceptors (Lipinski definition) is 8. The first-order valence-corrected chi connectivity index (χ1v) is 10.7. The van der Waals surface area contributed by atoms with Crippen molar-refractivity contribution in [2.24, 2.45) is 7.05 Å². The second-order valence-electron chi connectivity index (χ2n) is 7.97. The molecule has 1 fully saturated rings. The Morgan fingerprint density at radius 1 is 1.24 bits per heavy atom. The maximum absolute atomic E-state index is 14.5. The number of nitrogens with zero attached hydrogens (tertiary/aromatic N) is 4. The number of benzene rings is 1. The van der Waals surface area contributed by atoms with Gasteiger partial charge in [0.05, 0.1) is 23.8 Å². The van der Waals surface area contributed by atoms with Crippen molar-refractivity contribution in [1.29, 1.82) is 0 Å². The minimum atomic E-state index is -0.552. The third-order valence-corrected chi connectivity index (χ3v) is 5.72. The highest BCUT2D eigenvalue weighted by atomic mass is 19.1. The van der Waals surface area contributed by atoms with Crippen LogP contribution in [0.5, 0.6) is 5.75 Å². The predicted octanol–water partition coefficient (Wildman–Crippen LogP) is 0.956. The Kier molecular flexibility index (Phi) is 5.57. The van der Waals surface area contributed by atoms with Crippen LogP contribution in [-0.2, 0) is 23.0 Å². The van der Waals surface area contributed by atoms with Crippen LogP contribution in [0.25, 0.3) is 11.0 Å². The summed E-state index contributed by atoms with van der Waals surface area (Å²) in [5.41, 5.74) is 1.08. The van der Waals surface area contributed by atoms with Crippen molar-refractivity contribution in [3.63, 3.8) is 0 Å². The zero-order valence-corrected chi connectivity index (χ0v) is 18.2. The first-order chi connectivity index (χ1) is 16.4. The summed E-state index contributed by atoms with van der Waals surface area (Å²) in [6, 6.07) is 6.14. The van der Waals surface area contributed by atoms with Gasteiger partial charge in [0.15, 0.2) is 18.2 Å². The van der Waals surface area contributed by atoms with E-state index in [9.17, 15) is 18.8 Å². The van der Waals surface area contributed by atoms with Crippen LogP contribution in [0.3, 0.4) is 0 Å². The molecular weight excluding hydrogens is 447 g/mol. The number of carbonyl (C=O) groups excluding carboxylic acids is 2. The van der Waals surface area contributed by atoms with E-state index in [2.05, 4.69) is 20.6 Å². The van der Waals surface area contributed by atoms with Crippen LogP contribution in [0.2, 0.25) is 0 Å². The lowest BCUT2D eigenvalue weighted by molar-refractivity contribution is -0.118. The lowest BCUT2D eigenvalue weighted by Crippen LogP contribution is -2.32. The number of fused-ring (bicyclic) bond motifs is 2. The van der Waals surface area contributed by atoms with E-state index in [-0.39, 0.29) is 30.4 Å². The van der Waals surface area contributed by atoms with Gasteiger partial charge in [0.2, 0.25) is 0 Å². The number of nitrogens with one attached hydrogen (secondary N) is 2. The first kappa shape index (κ1) is 21.8. The maximum Gasteiger partial charge on any atom is 0.416 e. The number of cyclic esters (lactones) is 1. The van der Waals surface area contributed by atoms with Gasteiger partial charge < -0.3 is 24.7 Å². The lowest BCUT2D eigenvalue weighted by Gasteiger charge is -2.19. The van der Waals surface area contributed by atoms with Crippen LogP contribution in [0.4, 0.5) is 20.8 Å². The van der Waals surface area contributed by atoms with Crippen molar-refractivity contribution in [2.75, 3.05) is 36.5 Å². The molecule has 0 bridgehead atoms. The molecule has 11 nitrogen and oxygen atoms in total. The third-order valence-electron chi connectivity index (χ3n) is 5.72. The summed E-state index contributed by atoms with van der Waals surface area (Å²) in [4.78, 5) is 45.6. The second-order valence-corrected chi connectivity index (χ2v) is 7.97. The summed E-state index contributed by atoms with van der Waals surface area (Å²) in [6.45, 7) is 0.917. The molecule has 0 spiro atoms. The molecule has 2 amide bonds.